The topological polar surface area (TPSA) is 35.5 Å². The van der Waals surface area contributed by atoms with Gasteiger partial charge in [-0.1, -0.05) is 124 Å². The number of carbonyl (C=O) groups is 1. The van der Waals surface area contributed by atoms with Crippen LogP contribution in [0.5, 0.6) is 5.75 Å². The number of halogens is 6. The number of hydrogen-bond donors (Lipinski definition) is 0. The Balaban J connectivity index is 0.000000350. The summed E-state index contributed by atoms with van der Waals surface area (Å²) in [4.78, 5) is 11.4. The second-order valence-corrected chi connectivity index (χ2v) is 17.0. The number of rotatable bonds is 2. The van der Waals surface area contributed by atoms with Crippen molar-refractivity contribution in [3.63, 3.8) is 0 Å². The van der Waals surface area contributed by atoms with Crippen molar-refractivity contribution >= 4 is 29.2 Å². The first kappa shape index (κ1) is 46.5. The molecule has 4 aromatic rings. The van der Waals surface area contributed by atoms with E-state index in [0.717, 1.165) is 11.3 Å². The molecule has 0 aliphatic rings. The third-order valence-corrected chi connectivity index (χ3v) is 8.20. The van der Waals surface area contributed by atoms with E-state index in [0.29, 0.717) is 26.7 Å². The zero-order valence-corrected chi connectivity index (χ0v) is 34.4. The first-order valence-electron chi connectivity index (χ1n) is 16.8. The van der Waals surface area contributed by atoms with Gasteiger partial charge in [0, 0.05) is 32.3 Å². The van der Waals surface area contributed by atoms with Crippen LogP contribution >= 0.6 is 23.2 Å². The first-order valence-corrected chi connectivity index (χ1v) is 17.5. The van der Waals surface area contributed by atoms with E-state index in [4.69, 9.17) is 32.7 Å². The summed E-state index contributed by atoms with van der Waals surface area (Å²) in [5, 5.41) is 1.00. The van der Waals surface area contributed by atoms with Crippen molar-refractivity contribution in [1.29, 1.82) is 0 Å². The molecule has 0 aromatic heterocycles. The van der Waals surface area contributed by atoms with E-state index < -0.39 is 17.0 Å². The summed E-state index contributed by atoms with van der Waals surface area (Å²) in [6.45, 7) is 23.2. The Bertz CT molecular complexity index is 1570. The zero-order chi connectivity index (χ0) is 40.4. The van der Waals surface area contributed by atoms with Gasteiger partial charge in [-0.2, -0.15) is 0 Å². The Hall–Kier alpha value is -3.55. The lowest BCUT2D eigenvalue weighted by Crippen LogP contribution is -2.15. The maximum atomic E-state index is 13.3. The van der Waals surface area contributed by atoms with Crippen molar-refractivity contribution in [3.8, 4) is 5.75 Å². The molecule has 0 saturated carbocycles. The Labute approximate surface area is 318 Å². The lowest BCUT2D eigenvalue weighted by Gasteiger charge is -2.22. The van der Waals surface area contributed by atoms with Crippen LogP contribution in [-0.2, 0) is 26.4 Å². The molecule has 0 aliphatic heterocycles. The molecule has 0 bridgehead atoms. The zero-order valence-electron chi connectivity index (χ0n) is 32.9. The van der Waals surface area contributed by atoms with Crippen molar-refractivity contribution in [3.05, 3.63) is 134 Å². The van der Waals surface area contributed by atoms with Crippen LogP contribution in [-0.4, -0.2) is 20.2 Å². The fourth-order valence-corrected chi connectivity index (χ4v) is 6.07. The summed E-state index contributed by atoms with van der Waals surface area (Å²) in [6, 6.07) is 18.8. The van der Waals surface area contributed by atoms with E-state index in [-0.39, 0.29) is 39.4 Å². The highest BCUT2D eigenvalue weighted by atomic mass is 35.5. The highest BCUT2D eigenvalue weighted by Gasteiger charge is 2.24. The smallest absolute Gasteiger partial charge is 0.337 e. The van der Waals surface area contributed by atoms with Crippen molar-refractivity contribution in [1.82, 2.24) is 0 Å². The molecule has 0 unspecified atom stereocenters. The minimum atomic E-state index is -0.477. The normalized spacial score (nSPS) is 11.5. The van der Waals surface area contributed by atoms with Gasteiger partial charge in [-0.15, -0.1) is 0 Å². The quantitative estimate of drug-likeness (QED) is 0.151. The molecule has 0 heterocycles. The molecular weight excluding hydrogens is 711 g/mol. The molecule has 0 N–H and O–H groups in total. The third-order valence-electron chi connectivity index (χ3n) is 7.57. The number of carbonyl (C=O) groups excluding carboxylic acids is 1. The van der Waals surface area contributed by atoms with E-state index in [1.165, 1.54) is 37.4 Å². The minimum absolute atomic E-state index is 0.0740. The van der Waals surface area contributed by atoms with Crippen LogP contribution < -0.4 is 4.74 Å². The lowest BCUT2D eigenvalue weighted by atomic mass is 9.85. The third kappa shape index (κ3) is 13.8. The van der Waals surface area contributed by atoms with Gasteiger partial charge in [0.1, 0.15) is 29.0 Å². The van der Waals surface area contributed by atoms with E-state index >= 15 is 0 Å². The minimum Gasteiger partial charge on any atom is -0.496 e. The van der Waals surface area contributed by atoms with E-state index in [1.54, 1.807) is 64.3 Å². The van der Waals surface area contributed by atoms with Crippen LogP contribution in [0.1, 0.15) is 116 Å². The summed E-state index contributed by atoms with van der Waals surface area (Å²) in [5.74, 6) is -0.927. The number of methoxy groups -OCH3 is 2. The van der Waals surface area contributed by atoms with Crippen LogP contribution in [0.15, 0.2) is 72.8 Å². The van der Waals surface area contributed by atoms with Crippen LogP contribution in [0.2, 0.25) is 10.0 Å². The van der Waals surface area contributed by atoms with E-state index in [2.05, 4.69) is 20.8 Å². The summed E-state index contributed by atoms with van der Waals surface area (Å²) in [5.41, 5.74) is 1.87. The average molecular weight is 766 g/mol. The predicted octanol–water partition coefficient (Wildman–Crippen LogP) is 13.6. The Kier molecular flexibility index (Phi) is 17.0. The molecule has 0 saturated heterocycles. The van der Waals surface area contributed by atoms with Crippen molar-refractivity contribution < 1.29 is 31.8 Å². The molecule has 0 radical (unpaired) electrons. The molecule has 0 atom stereocenters. The van der Waals surface area contributed by atoms with Crippen LogP contribution in [0.4, 0.5) is 17.6 Å². The fourth-order valence-electron chi connectivity index (χ4n) is 5.18. The number of hydrogen-bond acceptors (Lipinski definition) is 3. The number of esters is 1. The molecule has 9 heteroatoms. The Morgan fingerprint density at radius 2 is 0.865 bits per heavy atom. The Morgan fingerprint density at radius 1 is 0.519 bits per heavy atom. The van der Waals surface area contributed by atoms with Gasteiger partial charge in [0.2, 0.25) is 0 Å². The van der Waals surface area contributed by atoms with Gasteiger partial charge in [0.15, 0.2) is 0 Å². The lowest BCUT2D eigenvalue weighted by molar-refractivity contribution is 0.0600. The van der Waals surface area contributed by atoms with Gasteiger partial charge < -0.3 is 9.47 Å². The maximum absolute atomic E-state index is 13.3. The van der Waals surface area contributed by atoms with Crippen LogP contribution in [0.3, 0.4) is 0 Å². The Morgan fingerprint density at radius 3 is 1.12 bits per heavy atom. The predicted molar refractivity (Wildman–Crippen MR) is 208 cm³/mol. The molecule has 3 nitrogen and oxygen atoms in total. The molecule has 52 heavy (non-hydrogen) atoms. The fraction of sp³-hybridized carbons (Fsp3) is 0.419. The SMILES string of the molecule is CC(C)(C)c1c(F)cccc1Cl.CC(C)(C)c1c(F)cccc1Cl.CC(C)(C)c1c(F)cccc1F.COC(=O)c1ccc(OC)c(C(C)(C)C)c1. The summed E-state index contributed by atoms with van der Waals surface area (Å²) >= 11 is 11.7. The second-order valence-electron chi connectivity index (χ2n) is 16.2. The van der Waals surface area contributed by atoms with Gasteiger partial charge in [-0.05, 0) is 76.3 Å². The summed E-state index contributed by atoms with van der Waals surface area (Å²) < 4.78 is 62.7. The maximum Gasteiger partial charge on any atom is 0.337 e. The molecule has 0 spiro atoms. The molecular formula is C43H54Cl2F4O3. The monoisotopic (exact) mass is 764 g/mol. The van der Waals surface area contributed by atoms with E-state index in [9.17, 15) is 22.4 Å². The molecule has 0 aliphatic carbocycles. The van der Waals surface area contributed by atoms with Crippen molar-refractivity contribution in [2.75, 3.05) is 14.2 Å². The van der Waals surface area contributed by atoms with Crippen molar-refractivity contribution in [2.45, 2.75) is 105 Å². The highest BCUT2D eigenvalue weighted by Crippen LogP contribution is 2.34. The molecule has 4 rings (SSSR count). The number of ether oxygens (including phenoxy) is 2. The summed E-state index contributed by atoms with van der Waals surface area (Å²) in [6.07, 6.45) is 0. The molecule has 286 valence electrons. The van der Waals surface area contributed by atoms with E-state index in [1.807, 2.05) is 47.6 Å². The van der Waals surface area contributed by atoms with Gasteiger partial charge >= 0.3 is 5.97 Å². The van der Waals surface area contributed by atoms with Crippen molar-refractivity contribution in [2.24, 2.45) is 0 Å². The van der Waals surface area contributed by atoms with Crippen LogP contribution in [0.25, 0.3) is 0 Å². The van der Waals surface area contributed by atoms with Crippen LogP contribution in [0, 0.1) is 23.3 Å². The average Bonchev–Trinajstić information content (AvgIpc) is 2.98. The van der Waals surface area contributed by atoms with Gasteiger partial charge in [-0.3, -0.25) is 0 Å². The van der Waals surface area contributed by atoms with Gasteiger partial charge in [0.25, 0.3) is 0 Å². The first-order chi connectivity index (χ1) is 23.7. The summed E-state index contributed by atoms with van der Waals surface area (Å²) in [7, 11) is 3.01. The number of benzene rings is 4. The molecule has 0 amide bonds. The second kappa shape index (κ2) is 19.0. The standard InChI is InChI=1S/C13H18O3.2C10H12ClF.C10H12F2/c1-13(2,3)10-8-9(12(14)16-5)6-7-11(10)15-4;3*1-10(2,3)9-7(11)5-4-6-8(9)12/h6-8H,1-5H3;3*4-6H,1-3H3. The largest absolute Gasteiger partial charge is 0.496 e. The van der Waals surface area contributed by atoms with Gasteiger partial charge in [0.05, 0.1) is 19.8 Å². The highest BCUT2D eigenvalue weighted by molar-refractivity contribution is 6.31. The molecule has 4 aromatic carbocycles. The molecule has 0 fully saturated rings. The van der Waals surface area contributed by atoms with Gasteiger partial charge in [-0.25, -0.2) is 22.4 Å².